The monoisotopic (exact) mass is 846 g/mol. The van der Waals surface area contributed by atoms with Crippen LogP contribution in [0.1, 0.15) is 59.3 Å². The number of nitrogens with zero attached hydrogens (tertiary/aromatic N) is 3. The normalized spacial score (nSPS) is 25.4. The number of nitrogens with one attached hydrogen (secondary N) is 3. The predicted octanol–water partition coefficient (Wildman–Crippen LogP) is 4.07. The van der Waals surface area contributed by atoms with Gasteiger partial charge in [0.05, 0.1) is 31.2 Å². The number of amides is 4. The molecule has 3 heterocycles. The minimum Gasteiger partial charge on any atom is -0.497 e. The Kier molecular flexibility index (Phi) is 12.0. The molecule has 4 amide bonds. The molecule has 17 heteroatoms. The summed E-state index contributed by atoms with van der Waals surface area (Å²) in [4.78, 5) is 64.5. The molecule has 2 aliphatic heterocycles. The van der Waals surface area contributed by atoms with Crippen LogP contribution < -0.4 is 29.7 Å². The summed E-state index contributed by atoms with van der Waals surface area (Å²) in [5, 5.41) is 6.49. The Morgan fingerprint density at radius 3 is 2.48 bits per heavy atom. The molecule has 0 radical (unpaired) electrons. The largest absolute Gasteiger partial charge is 0.497 e. The van der Waals surface area contributed by atoms with Crippen LogP contribution in [0.4, 0.5) is 10.5 Å². The van der Waals surface area contributed by atoms with Crippen LogP contribution in [0, 0.1) is 5.92 Å². The molecular formula is C43H54N6O10S. The van der Waals surface area contributed by atoms with Crippen LogP contribution in [-0.4, -0.2) is 118 Å². The molecule has 3 aromatic rings. The maximum absolute atomic E-state index is 14.7. The molecule has 7 rings (SSSR count). The summed E-state index contributed by atoms with van der Waals surface area (Å²) >= 11 is 0. The number of anilines is 1. The van der Waals surface area contributed by atoms with E-state index in [0.717, 1.165) is 16.6 Å². The fraction of sp³-hybridized carbons (Fsp3) is 0.512. The summed E-state index contributed by atoms with van der Waals surface area (Å²) in [6, 6.07) is 13.1. The lowest BCUT2D eigenvalue weighted by Crippen LogP contribution is -2.58. The van der Waals surface area contributed by atoms with Crippen molar-refractivity contribution < 1.29 is 46.5 Å². The first-order valence-electron chi connectivity index (χ1n) is 20.3. The Labute approximate surface area is 350 Å². The minimum absolute atomic E-state index is 0.00410. The van der Waals surface area contributed by atoms with Crippen LogP contribution in [0.5, 0.6) is 11.6 Å². The minimum atomic E-state index is -3.94. The summed E-state index contributed by atoms with van der Waals surface area (Å²) < 4.78 is 51.4. The molecule has 5 atom stereocenters. The topological polar surface area (TPSA) is 195 Å². The van der Waals surface area contributed by atoms with E-state index < -0.39 is 74.3 Å². The molecule has 16 nitrogen and oxygen atoms in total. The number of methoxy groups -OCH3 is 1. The first-order valence-corrected chi connectivity index (χ1v) is 21.9. The van der Waals surface area contributed by atoms with Gasteiger partial charge >= 0.3 is 6.09 Å². The highest BCUT2D eigenvalue weighted by molar-refractivity contribution is 7.91. The Balaban J connectivity index is 1.24. The molecule has 0 bridgehead atoms. The number of sulfonamides is 1. The van der Waals surface area contributed by atoms with Gasteiger partial charge in [0.25, 0.3) is 5.91 Å². The van der Waals surface area contributed by atoms with Gasteiger partial charge in [0.1, 0.15) is 35.1 Å². The third-order valence-corrected chi connectivity index (χ3v) is 12.9. The lowest BCUT2D eigenvalue weighted by atomic mass is 10.1. The number of ether oxygens (including phenoxy) is 4. The van der Waals surface area contributed by atoms with Crippen molar-refractivity contribution >= 4 is 50.3 Å². The molecule has 2 aromatic carbocycles. The molecule has 3 N–H and O–H groups in total. The zero-order chi connectivity index (χ0) is 43.0. The van der Waals surface area contributed by atoms with Gasteiger partial charge in [-0.25, -0.2) is 18.2 Å². The number of carbonyl (C=O) groups excluding carboxylic acids is 4. The molecule has 0 unspecified atom stereocenters. The zero-order valence-electron chi connectivity index (χ0n) is 34.9. The van der Waals surface area contributed by atoms with E-state index in [1.54, 1.807) is 40.0 Å². The van der Waals surface area contributed by atoms with E-state index in [0.29, 0.717) is 42.0 Å². The standard InChI is InChI=1S/C43H54N6O10S/c1-42(2,3)59-41(53)45-34-10-8-20-57-19-7-9-28-24-43(28,40(52)47-60(54,55)32-16-17-32)46-37(50)36-23-31(25-49(36)39(34)51)58-38-33-18-13-29(48(4)5)21-27(33)22-35(44-38)26-11-14-30(56-6)15-12-26/h7,9,11-15,18,21-22,28,31-32,34,36H,8,10,16-17,19-20,23-25H2,1-6H3,(H,45,53)(H,46,50)(H,47,52)/b9-7-/t28-,31-,34+,36+,43-/m1/s1. The van der Waals surface area contributed by atoms with Gasteiger partial charge in [-0.15, -0.1) is 0 Å². The van der Waals surface area contributed by atoms with Crippen molar-refractivity contribution in [3.63, 3.8) is 0 Å². The van der Waals surface area contributed by atoms with Crippen LogP contribution in [0.15, 0.2) is 60.7 Å². The molecule has 60 heavy (non-hydrogen) atoms. The van der Waals surface area contributed by atoms with Crippen molar-refractivity contribution in [3.05, 3.63) is 60.7 Å². The smallest absolute Gasteiger partial charge is 0.408 e. The third kappa shape index (κ3) is 9.62. The summed E-state index contributed by atoms with van der Waals surface area (Å²) in [5.74, 6) is -1.59. The molecule has 2 saturated carbocycles. The molecular weight excluding hydrogens is 793 g/mol. The highest BCUT2D eigenvalue weighted by Gasteiger charge is 2.62. The number of rotatable bonds is 9. The second kappa shape index (κ2) is 16.9. The summed E-state index contributed by atoms with van der Waals surface area (Å²) in [5.41, 5.74) is -0.0231. The van der Waals surface area contributed by atoms with E-state index >= 15 is 0 Å². The second-order valence-electron chi connectivity index (χ2n) is 17.1. The van der Waals surface area contributed by atoms with Crippen molar-refractivity contribution in [1.82, 2.24) is 25.2 Å². The molecule has 3 fully saturated rings. The van der Waals surface area contributed by atoms with E-state index in [4.69, 9.17) is 23.9 Å². The zero-order valence-corrected chi connectivity index (χ0v) is 35.7. The average Bonchev–Trinajstić information content (AvgIpc) is 4.12. The third-order valence-electron chi connectivity index (χ3n) is 11.1. The van der Waals surface area contributed by atoms with Crippen LogP contribution >= 0.6 is 0 Å². The molecule has 1 aromatic heterocycles. The van der Waals surface area contributed by atoms with Crippen LogP contribution in [0.25, 0.3) is 22.0 Å². The molecule has 322 valence electrons. The SMILES string of the molecule is COc1ccc(-c2cc3cc(N(C)C)ccc3c(O[C@@H]3C[C@H]4C(=O)N[C@]5(C(=O)NS(=O)(=O)C6CC6)C[C@H]5/C=C\COCCC[C@H](NC(=O)OC(C)(C)C)C(=O)N4C3)n2)cc1. The van der Waals surface area contributed by atoms with E-state index in [-0.39, 0.29) is 39.0 Å². The second-order valence-corrected chi connectivity index (χ2v) is 19.1. The van der Waals surface area contributed by atoms with Crippen molar-refractivity contribution in [2.24, 2.45) is 5.92 Å². The molecule has 4 aliphatic rings. The summed E-state index contributed by atoms with van der Waals surface area (Å²) in [6.45, 7) is 5.52. The first-order chi connectivity index (χ1) is 28.5. The van der Waals surface area contributed by atoms with E-state index in [1.807, 2.05) is 67.5 Å². The molecule has 1 saturated heterocycles. The highest BCUT2D eigenvalue weighted by atomic mass is 32.2. The molecule has 0 spiro atoms. The lowest BCUT2D eigenvalue weighted by Gasteiger charge is -2.30. The first kappa shape index (κ1) is 42.7. The predicted molar refractivity (Wildman–Crippen MR) is 224 cm³/mol. The maximum Gasteiger partial charge on any atom is 0.408 e. The van der Waals surface area contributed by atoms with Crippen LogP contribution in [0.3, 0.4) is 0 Å². The quantitative estimate of drug-likeness (QED) is 0.262. The van der Waals surface area contributed by atoms with Gasteiger partial charge in [0, 0.05) is 49.7 Å². The Morgan fingerprint density at radius 1 is 1.05 bits per heavy atom. The Hall–Kier alpha value is -5.42. The number of fused-ring (bicyclic) bond motifs is 3. The van der Waals surface area contributed by atoms with Crippen LogP contribution in [0.2, 0.25) is 0 Å². The van der Waals surface area contributed by atoms with Gasteiger partial charge in [-0.1, -0.05) is 12.2 Å². The number of aromatic nitrogens is 1. The number of hydrogen-bond acceptors (Lipinski definition) is 12. The van der Waals surface area contributed by atoms with Crippen molar-refractivity contribution in [2.45, 2.75) is 93.9 Å². The number of alkyl carbamates (subject to hydrolysis) is 1. The number of pyridine rings is 1. The van der Waals surface area contributed by atoms with Crippen molar-refractivity contribution in [2.75, 3.05) is 45.9 Å². The van der Waals surface area contributed by atoms with E-state index in [9.17, 15) is 27.6 Å². The van der Waals surface area contributed by atoms with Crippen molar-refractivity contribution in [1.29, 1.82) is 0 Å². The highest BCUT2D eigenvalue weighted by Crippen LogP contribution is 2.46. The molecule has 2 aliphatic carbocycles. The number of benzene rings is 2. The van der Waals surface area contributed by atoms with Gasteiger partial charge in [-0.2, -0.15) is 0 Å². The van der Waals surface area contributed by atoms with Crippen LogP contribution in [-0.2, 0) is 33.9 Å². The maximum atomic E-state index is 14.7. The van der Waals surface area contributed by atoms with E-state index in [2.05, 4.69) is 15.4 Å². The summed E-state index contributed by atoms with van der Waals surface area (Å²) in [6.07, 6.45) is 3.53. The van der Waals surface area contributed by atoms with Gasteiger partial charge in [0.15, 0.2) is 0 Å². The van der Waals surface area contributed by atoms with Gasteiger partial charge in [-0.3, -0.25) is 19.1 Å². The van der Waals surface area contributed by atoms with Gasteiger partial charge in [0.2, 0.25) is 27.7 Å². The number of hydrogen-bond donors (Lipinski definition) is 3. The Bertz CT molecular complexity index is 2270. The lowest BCUT2D eigenvalue weighted by molar-refractivity contribution is -0.141. The number of carbonyl (C=O) groups is 4. The fourth-order valence-corrected chi connectivity index (χ4v) is 9.02. The Morgan fingerprint density at radius 2 is 1.80 bits per heavy atom. The summed E-state index contributed by atoms with van der Waals surface area (Å²) in [7, 11) is 1.55. The van der Waals surface area contributed by atoms with Gasteiger partial charge in [-0.05, 0) is 107 Å². The fourth-order valence-electron chi connectivity index (χ4n) is 7.66. The average molecular weight is 847 g/mol. The van der Waals surface area contributed by atoms with Crippen molar-refractivity contribution in [3.8, 4) is 22.9 Å². The van der Waals surface area contributed by atoms with E-state index in [1.165, 1.54) is 4.90 Å². The van der Waals surface area contributed by atoms with Gasteiger partial charge < -0.3 is 39.4 Å².